The second-order valence-electron chi connectivity index (χ2n) is 10.3. The van der Waals surface area contributed by atoms with E-state index >= 15 is 0 Å². The summed E-state index contributed by atoms with van der Waals surface area (Å²) in [5, 5.41) is 0.190. The average molecular weight is 538 g/mol. The van der Waals surface area contributed by atoms with Crippen molar-refractivity contribution in [3.63, 3.8) is 0 Å². The fourth-order valence-corrected chi connectivity index (χ4v) is 5.19. The number of allylic oxidation sites excluding steroid dienone is 4. The number of Topliss-reactive ketones (excluding diaryl/α,β-unsaturated/α-hetero) is 1. The summed E-state index contributed by atoms with van der Waals surface area (Å²) in [6.45, 7) is 9.99. The van der Waals surface area contributed by atoms with Crippen molar-refractivity contribution in [2.75, 3.05) is 7.11 Å². The van der Waals surface area contributed by atoms with E-state index in [2.05, 4.69) is 24.9 Å². The van der Waals surface area contributed by atoms with Crippen LogP contribution in [0, 0.1) is 24.2 Å². The third-order valence-electron chi connectivity index (χ3n) is 7.95. The molecule has 0 N–H and O–H groups in total. The Morgan fingerprint density at radius 1 is 1.26 bits per heavy atom. The zero-order valence-electron chi connectivity index (χ0n) is 23.0. The second-order valence-corrected chi connectivity index (χ2v) is 10.6. The van der Waals surface area contributed by atoms with Crippen molar-refractivity contribution in [2.24, 2.45) is 17.3 Å². The molecule has 0 bridgehead atoms. The minimum atomic E-state index is -0.523. The number of hydrogen-bond donors (Lipinski definition) is 0. The minimum Gasteiger partial charge on any atom is -0.496 e. The topological polar surface area (TPSA) is 82.6 Å². The number of aldehydes is 1. The number of carbonyl (C=O) groups excluding carboxylic acids is 3. The van der Waals surface area contributed by atoms with Crippen LogP contribution < -0.4 is 9.47 Å². The van der Waals surface area contributed by atoms with Crippen LogP contribution in [0.4, 0.5) is 0 Å². The molecule has 0 saturated heterocycles. The Bertz CT molecular complexity index is 1270. The van der Waals surface area contributed by atoms with Crippen LogP contribution in [0.25, 0.3) is 0 Å². The van der Waals surface area contributed by atoms with Crippen molar-refractivity contribution in [1.82, 2.24) is 4.98 Å². The predicted molar refractivity (Wildman–Crippen MR) is 149 cm³/mol. The molecule has 1 aliphatic rings. The number of ketones is 1. The van der Waals surface area contributed by atoms with Gasteiger partial charge in [0.2, 0.25) is 0 Å². The summed E-state index contributed by atoms with van der Waals surface area (Å²) in [5.74, 6) is 0.609. The molecule has 3 rings (SSSR count). The van der Waals surface area contributed by atoms with Gasteiger partial charge in [-0.2, -0.15) is 0 Å². The molecule has 6 nitrogen and oxygen atoms in total. The predicted octanol–water partition coefficient (Wildman–Crippen LogP) is 6.70. The molecule has 1 saturated carbocycles. The maximum atomic E-state index is 12.8. The van der Waals surface area contributed by atoms with E-state index in [1.165, 1.54) is 7.11 Å². The van der Waals surface area contributed by atoms with Crippen LogP contribution in [-0.2, 0) is 22.4 Å². The van der Waals surface area contributed by atoms with Gasteiger partial charge in [0.1, 0.15) is 11.5 Å². The fourth-order valence-electron chi connectivity index (χ4n) is 4.93. The zero-order chi connectivity index (χ0) is 28.0. The maximum Gasteiger partial charge on any atom is 0.317 e. The minimum absolute atomic E-state index is 0.0291. The van der Waals surface area contributed by atoms with E-state index in [9.17, 15) is 14.4 Å². The van der Waals surface area contributed by atoms with Gasteiger partial charge in [0.05, 0.1) is 29.8 Å². The summed E-state index contributed by atoms with van der Waals surface area (Å²) < 4.78 is 11.4. The Morgan fingerprint density at radius 3 is 2.63 bits per heavy atom. The molecule has 0 spiro atoms. The number of carbonyl (C=O) groups is 3. The number of methoxy groups -OCH3 is 1. The number of hydrogen-bond acceptors (Lipinski definition) is 6. The number of benzene rings is 1. The molecule has 3 atom stereocenters. The van der Waals surface area contributed by atoms with Crippen LogP contribution in [0.15, 0.2) is 48.2 Å². The number of esters is 1. The quantitative estimate of drug-likeness (QED) is 0.153. The van der Waals surface area contributed by atoms with Gasteiger partial charge in [0.25, 0.3) is 0 Å². The standard InChI is InChI=1S/C31H36ClNO5/c1-19(14-15-31(5)20(2)11-13-26(35)22(31)4)10-12-24-29(37-6)25(18-34)21(3)28(32)30(24)38-27(36)17-23-9-7-8-16-33-23/h7-10,14-16,18,20,22H,11-13,17H2,1-6H3/b15-14+,19-10+/t20-,22+,31+/m1/s1. The Hall–Kier alpha value is -3.25. The number of halogens is 1. The highest BCUT2D eigenvalue weighted by atomic mass is 35.5. The summed E-state index contributed by atoms with van der Waals surface area (Å²) >= 11 is 6.63. The van der Waals surface area contributed by atoms with E-state index < -0.39 is 5.97 Å². The molecular weight excluding hydrogens is 502 g/mol. The first-order chi connectivity index (χ1) is 18.0. The summed E-state index contributed by atoms with van der Waals surface area (Å²) in [4.78, 5) is 41.3. The van der Waals surface area contributed by atoms with E-state index in [0.717, 1.165) is 12.0 Å². The molecule has 1 heterocycles. The Labute approximate surface area is 230 Å². The molecule has 0 radical (unpaired) electrons. The summed E-state index contributed by atoms with van der Waals surface area (Å²) in [6, 6.07) is 5.31. The van der Waals surface area contributed by atoms with Crippen molar-refractivity contribution < 1.29 is 23.9 Å². The van der Waals surface area contributed by atoms with E-state index in [4.69, 9.17) is 21.1 Å². The van der Waals surface area contributed by atoms with Gasteiger partial charge >= 0.3 is 5.97 Å². The van der Waals surface area contributed by atoms with Crippen molar-refractivity contribution in [3.05, 3.63) is 75.6 Å². The molecule has 7 heteroatoms. The molecule has 202 valence electrons. The normalized spacial score (nSPS) is 22.0. The highest BCUT2D eigenvalue weighted by molar-refractivity contribution is 6.33. The number of aromatic nitrogens is 1. The third-order valence-corrected chi connectivity index (χ3v) is 8.41. The lowest BCUT2D eigenvalue weighted by atomic mass is 9.61. The molecule has 0 unspecified atom stereocenters. The monoisotopic (exact) mass is 537 g/mol. The van der Waals surface area contributed by atoms with Gasteiger partial charge in [0, 0.05) is 24.1 Å². The SMILES string of the molecule is COc1c(C=O)c(C)c(Cl)c(OC(=O)Cc2ccccn2)c1C/C=C(C)/C=C/[C@@]1(C)[C@H](C)CCC(=O)[C@@H]1C. The molecule has 0 amide bonds. The van der Waals surface area contributed by atoms with Crippen LogP contribution in [0.5, 0.6) is 11.5 Å². The summed E-state index contributed by atoms with van der Waals surface area (Å²) in [5.41, 5.74) is 2.60. The smallest absolute Gasteiger partial charge is 0.317 e. The third kappa shape index (κ3) is 6.24. The molecule has 2 aromatic rings. The lowest BCUT2D eigenvalue weighted by Crippen LogP contribution is -2.40. The van der Waals surface area contributed by atoms with Gasteiger partial charge in [-0.1, -0.05) is 62.2 Å². The van der Waals surface area contributed by atoms with E-state index in [1.54, 1.807) is 31.3 Å². The van der Waals surface area contributed by atoms with Crippen molar-refractivity contribution in [3.8, 4) is 11.5 Å². The highest BCUT2D eigenvalue weighted by Crippen LogP contribution is 2.45. The number of pyridine rings is 1. The average Bonchev–Trinajstić information content (AvgIpc) is 2.91. The summed E-state index contributed by atoms with van der Waals surface area (Å²) in [6.07, 6.45) is 10.2. The van der Waals surface area contributed by atoms with Crippen LogP contribution in [-0.4, -0.2) is 30.1 Å². The van der Waals surface area contributed by atoms with E-state index in [0.29, 0.717) is 59.0 Å². The van der Waals surface area contributed by atoms with Gasteiger partial charge in [-0.05, 0) is 55.7 Å². The number of ether oxygens (including phenoxy) is 2. The zero-order valence-corrected chi connectivity index (χ0v) is 23.7. The Morgan fingerprint density at radius 2 is 2.00 bits per heavy atom. The molecule has 1 aliphatic carbocycles. The van der Waals surface area contributed by atoms with Gasteiger partial charge in [0.15, 0.2) is 12.0 Å². The van der Waals surface area contributed by atoms with Crippen LogP contribution in [0.2, 0.25) is 5.02 Å². The lowest BCUT2D eigenvalue weighted by molar-refractivity contribution is -0.133. The van der Waals surface area contributed by atoms with Gasteiger partial charge in [-0.25, -0.2) is 0 Å². The largest absolute Gasteiger partial charge is 0.496 e. The molecule has 1 aromatic carbocycles. The molecule has 38 heavy (non-hydrogen) atoms. The first kappa shape index (κ1) is 29.3. The fraction of sp³-hybridized carbons (Fsp3) is 0.419. The first-order valence-electron chi connectivity index (χ1n) is 12.9. The van der Waals surface area contributed by atoms with Crippen LogP contribution in [0.3, 0.4) is 0 Å². The lowest BCUT2D eigenvalue weighted by Gasteiger charge is -2.42. The van der Waals surface area contributed by atoms with E-state index in [-0.39, 0.29) is 28.5 Å². The molecule has 0 aliphatic heterocycles. The van der Waals surface area contributed by atoms with Crippen LogP contribution in [0.1, 0.15) is 67.7 Å². The van der Waals surface area contributed by atoms with Crippen molar-refractivity contribution >= 4 is 29.6 Å². The van der Waals surface area contributed by atoms with Crippen LogP contribution >= 0.6 is 11.6 Å². The van der Waals surface area contributed by atoms with Crippen molar-refractivity contribution in [2.45, 2.75) is 60.3 Å². The summed E-state index contributed by atoms with van der Waals surface area (Å²) in [7, 11) is 1.47. The van der Waals surface area contributed by atoms with Gasteiger partial charge in [-0.3, -0.25) is 19.4 Å². The van der Waals surface area contributed by atoms with Gasteiger partial charge < -0.3 is 9.47 Å². The van der Waals surface area contributed by atoms with E-state index in [1.807, 2.05) is 26.0 Å². The number of nitrogens with zero attached hydrogens (tertiary/aromatic N) is 1. The highest BCUT2D eigenvalue weighted by Gasteiger charge is 2.41. The number of rotatable bonds is 9. The maximum absolute atomic E-state index is 12.8. The van der Waals surface area contributed by atoms with Gasteiger partial charge in [-0.15, -0.1) is 0 Å². The first-order valence-corrected chi connectivity index (χ1v) is 13.2. The molecule has 1 fully saturated rings. The second kappa shape index (κ2) is 12.5. The Balaban J connectivity index is 1.95. The Kier molecular flexibility index (Phi) is 9.66. The molecule has 1 aromatic heterocycles. The van der Waals surface area contributed by atoms with Crippen molar-refractivity contribution in [1.29, 1.82) is 0 Å². The molecular formula is C31H36ClNO5.